The third kappa shape index (κ3) is 1.73. The number of terminal acetylenes is 1. The SMILES string of the molecule is C#CCN(C)S(=O)(=O)C1CC1. The lowest BCUT2D eigenvalue weighted by Gasteiger charge is -2.12. The minimum absolute atomic E-state index is 0.152. The van der Waals surface area contributed by atoms with Gasteiger partial charge in [-0.2, -0.15) is 4.31 Å². The first-order valence-corrected chi connectivity index (χ1v) is 4.98. The Kier molecular flexibility index (Phi) is 2.21. The van der Waals surface area contributed by atoms with E-state index in [-0.39, 0.29) is 11.8 Å². The number of nitrogens with zero attached hydrogens (tertiary/aromatic N) is 1. The van der Waals surface area contributed by atoms with Crippen LogP contribution >= 0.6 is 0 Å². The van der Waals surface area contributed by atoms with Crippen LogP contribution in [0.25, 0.3) is 0 Å². The van der Waals surface area contributed by atoms with E-state index in [0.29, 0.717) is 0 Å². The lowest BCUT2D eigenvalue weighted by molar-refractivity contribution is 0.501. The first-order valence-electron chi connectivity index (χ1n) is 3.47. The molecule has 62 valence electrons. The van der Waals surface area contributed by atoms with E-state index in [1.165, 1.54) is 11.4 Å². The van der Waals surface area contributed by atoms with Crippen molar-refractivity contribution in [2.45, 2.75) is 18.1 Å². The molecular formula is C7H11NO2S. The molecule has 0 aromatic carbocycles. The number of rotatable bonds is 3. The second kappa shape index (κ2) is 2.84. The van der Waals surface area contributed by atoms with Gasteiger partial charge in [0, 0.05) is 7.05 Å². The zero-order chi connectivity index (χ0) is 8.48. The lowest BCUT2D eigenvalue weighted by Crippen LogP contribution is -2.30. The van der Waals surface area contributed by atoms with Crippen LogP contribution in [0.4, 0.5) is 0 Å². The van der Waals surface area contributed by atoms with Crippen LogP contribution < -0.4 is 0 Å². The summed E-state index contributed by atoms with van der Waals surface area (Å²) in [5, 5.41) is -0.152. The Hall–Kier alpha value is -0.530. The van der Waals surface area contributed by atoms with Crippen molar-refractivity contribution in [2.75, 3.05) is 13.6 Å². The molecular weight excluding hydrogens is 162 g/mol. The van der Waals surface area contributed by atoms with Crippen LogP contribution in [0, 0.1) is 12.3 Å². The van der Waals surface area contributed by atoms with Gasteiger partial charge in [-0.05, 0) is 12.8 Å². The molecule has 11 heavy (non-hydrogen) atoms. The van der Waals surface area contributed by atoms with E-state index in [1.807, 2.05) is 0 Å². The summed E-state index contributed by atoms with van der Waals surface area (Å²) in [7, 11) is -1.52. The molecule has 1 fully saturated rings. The second-order valence-electron chi connectivity index (χ2n) is 2.70. The summed E-state index contributed by atoms with van der Waals surface area (Å²) in [6, 6.07) is 0. The minimum atomic E-state index is -3.04. The van der Waals surface area contributed by atoms with Crippen LogP contribution in [0.2, 0.25) is 0 Å². The summed E-state index contributed by atoms with van der Waals surface area (Å²) in [5.41, 5.74) is 0. The Labute approximate surface area is 67.4 Å². The summed E-state index contributed by atoms with van der Waals surface area (Å²) >= 11 is 0. The van der Waals surface area contributed by atoms with Crippen LogP contribution in [0.3, 0.4) is 0 Å². The molecule has 0 N–H and O–H groups in total. The second-order valence-corrected chi connectivity index (χ2v) is 5.02. The van der Waals surface area contributed by atoms with Gasteiger partial charge in [0.25, 0.3) is 0 Å². The van der Waals surface area contributed by atoms with E-state index < -0.39 is 10.0 Å². The monoisotopic (exact) mass is 173 g/mol. The van der Waals surface area contributed by atoms with Crippen molar-refractivity contribution >= 4 is 10.0 Å². The highest BCUT2D eigenvalue weighted by molar-refractivity contribution is 7.90. The van der Waals surface area contributed by atoms with Crippen LogP contribution in [0.15, 0.2) is 0 Å². The van der Waals surface area contributed by atoms with Gasteiger partial charge >= 0.3 is 0 Å². The van der Waals surface area contributed by atoms with Crippen molar-refractivity contribution in [1.82, 2.24) is 4.31 Å². The molecule has 1 rings (SSSR count). The molecule has 0 heterocycles. The summed E-state index contributed by atoms with van der Waals surface area (Å²) in [4.78, 5) is 0. The maximum Gasteiger partial charge on any atom is 0.217 e. The molecule has 0 aliphatic heterocycles. The first kappa shape index (κ1) is 8.57. The average Bonchev–Trinajstić information content (AvgIpc) is 2.68. The van der Waals surface area contributed by atoms with Crippen molar-refractivity contribution in [1.29, 1.82) is 0 Å². The number of hydrogen-bond acceptors (Lipinski definition) is 2. The molecule has 4 heteroatoms. The molecule has 3 nitrogen and oxygen atoms in total. The van der Waals surface area contributed by atoms with Crippen LogP contribution in [-0.2, 0) is 10.0 Å². The van der Waals surface area contributed by atoms with Crippen molar-refractivity contribution < 1.29 is 8.42 Å². The van der Waals surface area contributed by atoms with Gasteiger partial charge in [0.05, 0.1) is 11.8 Å². The number of sulfonamides is 1. The summed E-state index contributed by atoms with van der Waals surface area (Å²) in [6.07, 6.45) is 6.57. The lowest BCUT2D eigenvalue weighted by atomic mass is 10.7. The smallest absolute Gasteiger partial charge is 0.212 e. The summed E-state index contributed by atoms with van der Waals surface area (Å²) in [5.74, 6) is 2.30. The zero-order valence-electron chi connectivity index (χ0n) is 6.45. The van der Waals surface area contributed by atoms with Crippen molar-refractivity contribution in [3.63, 3.8) is 0 Å². The van der Waals surface area contributed by atoms with Gasteiger partial charge in [-0.25, -0.2) is 8.42 Å². The highest BCUT2D eigenvalue weighted by atomic mass is 32.2. The average molecular weight is 173 g/mol. The molecule has 0 amide bonds. The van der Waals surface area contributed by atoms with Crippen LogP contribution in [-0.4, -0.2) is 31.6 Å². The van der Waals surface area contributed by atoms with E-state index in [2.05, 4.69) is 5.92 Å². The molecule has 1 aliphatic carbocycles. The molecule has 0 saturated heterocycles. The molecule has 0 unspecified atom stereocenters. The standard InChI is InChI=1S/C7H11NO2S/c1-3-6-8(2)11(9,10)7-4-5-7/h1,7H,4-6H2,2H3. The highest BCUT2D eigenvalue weighted by Gasteiger charge is 2.38. The molecule has 0 atom stereocenters. The fraction of sp³-hybridized carbons (Fsp3) is 0.714. The predicted molar refractivity (Wildman–Crippen MR) is 43.4 cm³/mol. The third-order valence-corrected chi connectivity index (χ3v) is 4.01. The van der Waals surface area contributed by atoms with Crippen molar-refractivity contribution in [3.8, 4) is 12.3 Å². The summed E-state index contributed by atoms with van der Waals surface area (Å²) in [6.45, 7) is 0.179. The fourth-order valence-electron chi connectivity index (χ4n) is 0.839. The quantitative estimate of drug-likeness (QED) is 0.565. The normalized spacial score (nSPS) is 18.3. The van der Waals surface area contributed by atoms with Gasteiger partial charge in [-0.3, -0.25) is 0 Å². The molecule has 0 aromatic rings. The third-order valence-electron chi connectivity index (χ3n) is 1.69. The van der Waals surface area contributed by atoms with Gasteiger partial charge < -0.3 is 0 Å². The largest absolute Gasteiger partial charge is 0.217 e. The number of hydrogen-bond donors (Lipinski definition) is 0. The van der Waals surface area contributed by atoms with Crippen LogP contribution in [0.5, 0.6) is 0 Å². The van der Waals surface area contributed by atoms with Gasteiger partial charge in [-0.15, -0.1) is 6.42 Å². The topological polar surface area (TPSA) is 37.4 Å². The van der Waals surface area contributed by atoms with E-state index in [0.717, 1.165) is 12.8 Å². The fourth-order valence-corrected chi connectivity index (χ4v) is 2.33. The van der Waals surface area contributed by atoms with Crippen LogP contribution in [0.1, 0.15) is 12.8 Å². The minimum Gasteiger partial charge on any atom is -0.212 e. The first-order chi connectivity index (χ1) is 5.09. The maximum absolute atomic E-state index is 11.3. The van der Waals surface area contributed by atoms with Crippen molar-refractivity contribution in [3.05, 3.63) is 0 Å². The molecule has 0 bridgehead atoms. The van der Waals surface area contributed by atoms with Crippen molar-refractivity contribution in [2.24, 2.45) is 0 Å². The Morgan fingerprint density at radius 3 is 2.55 bits per heavy atom. The molecule has 0 spiro atoms. The van der Waals surface area contributed by atoms with E-state index in [1.54, 1.807) is 0 Å². The van der Waals surface area contributed by atoms with Gasteiger partial charge in [0.1, 0.15) is 0 Å². The van der Waals surface area contributed by atoms with E-state index >= 15 is 0 Å². The summed E-state index contributed by atoms with van der Waals surface area (Å²) < 4.78 is 23.9. The van der Waals surface area contributed by atoms with E-state index in [9.17, 15) is 8.42 Å². The highest BCUT2D eigenvalue weighted by Crippen LogP contribution is 2.29. The maximum atomic E-state index is 11.3. The molecule has 0 aromatic heterocycles. The Balaban J connectivity index is 2.65. The predicted octanol–water partition coefficient (Wildman–Crippen LogP) is 0.0436. The molecule has 0 radical (unpaired) electrons. The zero-order valence-corrected chi connectivity index (χ0v) is 7.26. The molecule has 1 aliphatic rings. The van der Waals surface area contributed by atoms with E-state index in [4.69, 9.17) is 6.42 Å². The Morgan fingerprint density at radius 1 is 1.64 bits per heavy atom. The molecule has 1 saturated carbocycles. The van der Waals surface area contributed by atoms with Gasteiger partial charge in [-0.1, -0.05) is 5.92 Å². The van der Waals surface area contributed by atoms with Gasteiger partial charge in [0.2, 0.25) is 10.0 Å². The van der Waals surface area contributed by atoms with Gasteiger partial charge in [0.15, 0.2) is 0 Å². The Bertz CT molecular complexity index is 271. The Morgan fingerprint density at radius 2 is 2.18 bits per heavy atom.